The number of aliphatic hydroxyl groups excluding tert-OH is 1. The maximum absolute atomic E-state index is 11.4. The van der Waals surface area contributed by atoms with Gasteiger partial charge >= 0.3 is 6.09 Å². The van der Waals surface area contributed by atoms with Gasteiger partial charge < -0.3 is 9.84 Å². The van der Waals surface area contributed by atoms with Crippen molar-refractivity contribution in [3.8, 4) is 0 Å². The zero-order valence-electron chi connectivity index (χ0n) is 7.76. The molecule has 0 aliphatic carbocycles. The first-order chi connectivity index (χ1) is 7.20. The van der Waals surface area contributed by atoms with Crippen molar-refractivity contribution in [2.75, 3.05) is 18.1 Å². The Balaban J connectivity index is 2.18. The van der Waals surface area contributed by atoms with Crippen LogP contribution in [0, 0.1) is 0 Å². The summed E-state index contributed by atoms with van der Waals surface area (Å²) in [5, 5.41) is 8.86. The summed E-state index contributed by atoms with van der Waals surface area (Å²) in [6.07, 6.45) is 0.682. The van der Waals surface area contributed by atoms with Crippen molar-refractivity contribution < 1.29 is 14.6 Å². The number of nitrogens with zero attached hydrogens (tertiary/aromatic N) is 2. The zero-order valence-corrected chi connectivity index (χ0v) is 9.35. The largest absolute Gasteiger partial charge is 0.441 e. The second-order valence-corrected chi connectivity index (χ2v) is 4.05. The van der Waals surface area contributed by atoms with E-state index in [0.717, 1.165) is 4.47 Å². The highest BCUT2D eigenvalue weighted by molar-refractivity contribution is 9.10. The van der Waals surface area contributed by atoms with E-state index < -0.39 is 12.2 Å². The number of carbonyl (C=O) groups excluding carboxylic acids is 1. The second kappa shape index (κ2) is 4.16. The smallest absolute Gasteiger partial charge is 0.416 e. The maximum Gasteiger partial charge on any atom is 0.416 e. The Morgan fingerprint density at radius 2 is 2.47 bits per heavy atom. The van der Waals surface area contributed by atoms with Crippen LogP contribution in [0.15, 0.2) is 22.8 Å². The van der Waals surface area contributed by atoms with E-state index in [2.05, 4.69) is 20.9 Å². The Labute approximate surface area is 94.8 Å². The summed E-state index contributed by atoms with van der Waals surface area (Å²) < 4.78 is 5.74. The SMILES string of the molecule is O=C1O[C@@H](CO)CN1c1ccc(Br)cn1. The van der Waals surface area contributed by atoms with E-state index in [9.17, 15) is 4.79 Å². The summed E-state index contributed by atoms with van der Waals surface area (Å²) in [7, 11) is 0. The molecule has 0 unspecified atom stereocenters. The average molecular weight is 273 g/mol. The molecule has 0 aromatic carbocycles. The molecular weight excluding hydrogens is 264 g/mol. The molecule has 1 saturated heterocycles. The fourth-order valence-electron chi connectivity index (χ4n) is 1.33. The molecule has 5 nitrogen and oxygen atoms in total. The molecule has 0 spiro atoms. The normalized spacial score (nSPS) is 20.5. The van der Waals surface area contributed by atoms with Crippen LogP contribution in [0.2, 0.25) is 0 Å². The highest BCUT2D eigenvalue weighted by Crippen LogP contribution is 2.20. The van der Waals surface area contributed by atoms with E-state index in [0.29, 0.717) is 12.4 Å². The van der Waals surface area contributed by atoms with Gasteiger partial charge in [-0.3, -0.25) is 4.90 Å². The Morgan fingerprint density at radius 3 is 3.00 bits per heavy atom. The number of rotatable bonds is 2. The summed E-state index contributed by atoms with van der Waals surface area (Å²) in [6, 6.07) is 3.51. The Bertz CT molecular complexity index is 368. The fourth-order valence-corrected chi connectivity index (χ4v) is 1.57. The first kappa shape index (κ1) is 10.4. The molecule has 2 heterocycles. The summed E-state index contributed by atoms with van der Waals surface area (Å²) in [6.45, 7) is 0.169. The molecule has 1 fully saturated rings. The van der Waals surface area contributed by atoms with Crippen LogP contribution in [0.25, 0.3) is 0 Å². The van der Waals surface area contributed by atoms with Crippen molar-refractivity contribution in [3.63, 3.8) is 0 Å². The van der Waals surface area contributed by atoms with Crippen LogP contribution in [0.5, 0.6) is 0 Å². The van der Waals surface area contributed by atoms with Crippen molar-refractivity contribution >= 4 is 27.8 Å². The molecule has 0 saturated carbocycles. The van der Waals surface area contributed by atoms with Gasteiger partial charge in [0.15, 0.2) is 0 Å². The van der Waals surface area contributed by atoms with Gasteiger partial charge in [0.2, 0.25) is 0 Å². The van der Waals surface area contributed by atoms with Gasteiger partial charge in [-0.25, -0.2) is 9.78 Å². The molecule has 1 N–H and O–H groups in total. The van der Waals surface area contributed by atoms with Gasteiger partial charge in [-0.15, -0.1) is 0 Å². The number of halogens is 1. The lowest BCUT2D eigenvalue weighted by Gasteiger charge is -2.10. The first-order valence-electron chi connectivity index (χ1n) is 4.41. The quantitative estimate of drug-likeness (QED) is 0.878. The van der Waals surface area contributed by atoms with E-state index in [1.807, 2.05) is 0 Å². The third-order valence-electron chi connectivity index (χ3n) is 2.07. The number of carbonyl (C=O) groups is 1. The van der Waals surface area contributed by atoms with Crippen molar-refractivity contribution in [2.24, 2.45) is 0 Å². The minimum Gasteiger partial charge on any atom is -0.441 e. The van der Waals surface area contributed by atoms with Crippen LogP contribution in [0.1, 0.15) is 0 Å². The van der Waals surface area contributed by atoms with Gasteiger partial charge in [-0.05, 0) is 28.1 Å². The van der Waals surface area contributed by atoms with E-state index in [4.69, 9.17) is 9.84 Å². The highest BCUT2D eigenvalue weighted by atomic mass is 79.9. The maximum atomic E-state index is 11.4. The minimum absolute atomic E-state index is 0.168. The summed E-state index contributed by atoms with van der Waals surface area (Å²) in [5.41, 5.74) is 0. The third-order valence-corrected chi connectivity index (χ3v) is 2.54. The molecular formula is C9H9BrN2O3. The van der Waals surface area contributed by atoms with Crippen molar-refractivity contribution in [1.82, 2.24) is 4.98 Å². The topological polar surface area (TPSA) is 62.7 Å². The number of aliphatic hydroxyl groups is 1. The number of anilines is 1. The molecule has 80 valence electrons. The molecule has 1 aliphatic heterocycles. The predicted octanol–water partition coefficient (Wildman–Crippen LogP) is 1.16. The van der Waals surface area contributed by atoms with Crippen LogP contribution in [0.4, 0.5) is 10.6 Å². The lowest BCUT2D eigenvalue weighted by atomic mass is 10.3. The lowest BCUT2D eigenvalue weighted by molar-refractivity contribution is 0.0963. The average Bonchev–Trinajstić information content (AvgIpc) is 2.61. The van der Waals surface area contributed by atoms with Gasteiger partial charge in [0.25, 0.3) is 0 Å². The highest BCUT2D eigenvalue weighted by Gasteiger charge is 2.32. The number of cyclic esters (lactones) is 1. The molecule has 0 bridgehead atoms. The van der Waals surface area contributed by atoms with Crippen LogP contribution >= 0.6 is 15.9 Å². The van der Waals surface area contributed by atoms with E-state index >= 15 is 0 Å². The minimum atomic E-state index is -0.469. The van der Waals surface area contributed by atoms with Gasteiger partial charge in [-0.1, -0.05) is 0 Å². The van der Waals surface area contributed by atoms with Crippen LogP contribution < -0.4 is 4.90 Å². The van der Waals surface area contributed by atoms with Crippen molar-refractivity contribution in [2.45, 2.75) is 6.10 Å². The van der Waals surface area contributed by atoms with E-state index in [1.165, 1.54) is 4.90 Å². The molecule has 15 heavy (non-hydrogen) atoms. The number of pyridine rings is 1. The molecule has 1 amide bonds. The molecule has 1 aromatic heterocycles. The van der Waals surface area contributed by atoms with Crippen LogP contribution in [-0.2, 0) is 4.74 Å². The monoisotopic (exact) mass is 272 g/mol. The Kier molecular flexibility index (Phi) is 2.88. The molecule has 1 aromatic rings. The van der Waals surface area contributed by atoms with E-state index in [1.54, 1.807) is 18.3 Å². The molecule has 1 aliphatic rings. The standard InChI is InChI=1S/C9H9BrN2O3/c10-6-1-2-8(11-3-6)12-4-7(5-13)15-9(12)14/h1-3,7,13H,4-5H2/t7-/m1/s1. The Hall–Kier alpha value is -1.14. The van der Waals surface area contributed by atoms with Crippen molar-refractivity contribution in [1.29, 1.82) is 0 Å². The number of hydrogen-bond acceptors (Lipinski definition) is 4. The first-order valence-corrected chi connectivity index (χ1v) is 5.20. The molecule has 1 atom stereocenters. The summed E-state index contributed by atoms with van der Waals surface area (Å²) in [5.74, 6) is 0.527. The van der Waals surface area contributed by atoms with Gasteiger partial charge in [-0.2, -0.15) is 0 Å². The second-order valence-electron chi connectivity index (χ2n) is 3.13. The predicted molar refractivity (Wildman–Crippen MR) is 56.6 cm³/mol. The lowest BCUT2D eigenvalue weighted by Crippen LogP contribution is -2.26. The van der Waals surface area contributed by atoms with Crippen LogP contribution in [-0.4, -0.2) is 35.4 Å². The number of ether oxygens (including phenoxy) is 1. The van der Waals surface area contributed by atoms with E-state index in [-0.39, 0.29) is 6.61 Å². The van der Waals surface area contributed by atoms with Crippen molar-refractivity contribution in [3.05, 3.63) is 22.8 Å². The summed E-state index contributed by atoms with van der Waals surface area (Å²) in [4.78, 5) is 16.8. The number of aromatic nitrogens is 1. The van der Waals surface area contributed by atoms with Gasteiger partial charge in [0.1, 0.15) is 11.9 Å². The number of amides is 1. The Morgan fingerprint density at radius 1 is 1.67 bits per heavy atom. The summed E-state index contributed by atoms with van der Waals surface area (Å²) >= 11 is 3.26. The van der Waals surface area contributed by atoms with Gasteiger partial charge in [0, 0.05) is 10.7 Å². The molecule has 6 heteroatoms. The number of hydrogen-bond donors (Lipinski definition) is 1. The molecule has 0 radical (unpaired) electrons. The zero-order chi connectivity index (χ0) is 10.8. The third kappa shape index (κ3) is 2.10. The van der Waals surface area contributed by atoms with Crippen LogP contribution in [0.3, 0.4) is 0 Å². The van der Waals surface area contributed by atoms with Gasteiger partial charge in [0.05, 0.1) is 13.2 Å². The molecule has 2 rings (SSSR count). The fraction of sp³-hybridized carbons (Fsp3) is 0.333.